The molecule has 11 heteroatoms. The highest BCUT2D eigenvalue weighted by Crippen LogP contribution is 2.32. The Kier molecular flexibility index (Phi) is 5.38. The van der Waals surface area contributed by atoms with Crippen LogP contribution >= 0.6 is 0 Å². The number of anilines is 1. The second-order valence-corrected chi connectivity index (χ2v) is 8.78. The number of hydrogen-bond donors (Lipinski definition) is 4. The summed E-state index contributed by atoms with van der Waals surface area (Å²) in [5.74, 6) is 0.213. The fraction of sp³-hybridized carbons (Fsp3) is 0.160. The van der Waals surface area contributed by atoms with Crippen LogP contribution < -0.4 is 5.32 Å². The SMILES string of the molecule is CN(C)CCNc1cc(F)cc(-c2cncc3[nH]c(-c4n[nH]c5ccc(-c6cn[nH]c6)nc45)nc23)c1. The third kappa shape index (κ3) is 4.05. The zero-order valence-electron chi connectivity index (χ0n) is 19.7. The van der Waals surface area contributed by atoms with E-state index >= 15 is 0 Å². The molecule has 4 N–H and O–H groups in total. The van der Waals surface area contributed by atoms with Crippen molar-refractivity contribution in [1.29, 1.82) is 0 Å². The number of aromatic nitrogens is 8. The first kappa shape index (κ1) is 21.9. The number of rotatable bonds is 7. The minimum atomic E-state index is -0.332. The lowest BCUT2D eigenvalue weighted by Crippen LogP contribution is -2.20. The van der Waals surface area contributed by atoms with Gasteiger partial charge >= 0.3 is 0 Å². The number of nitrogens with one attached hydrogen (secondary N) is 4. The quantitative estimate of drug-likeness (QED) is 0.270. The molecule has 0 unspecified atom stereocenters. The van der Waals surface area contributed by atoms with Crippen LogP contribution in [0.25, 0.3) is 56.0 Å². The lowest BCUT2D eigenvalue weighted by Gasteiger charge is -2.12. The van der Waals surface area contributed by atoms with Crippen molar-refractivity contribution in [2.24, 2.45) is 0 Å². The fourth-order valence-corrected chi connectivity index (χ4v) is 4.14. The molecule has 0 radical (unpaired) electrons. The monoisotopic (exact) mass is 482 g/mol. The lowest BCUT2D eigenvalue weighted by molar-refractivity contribution is 0.425. The van der Waals surface area contributed by atoms with Gasteiger partial charge in [-0.3, -0.25) is 15.2 Å². The molecule has 0 aliphatic carbocycles. The minimum absolute atomic E-state index is 0.332. The van der Waals surface area contributed by atoms with Crippen molar-refractivity contribution in [2.75, 3.05) is 32.5 Å². The van der Waals surface area contributed by atoms with Gasteiger partial charge in [0.15, 0.2) is 11.5 Å². The molecular weight excluding hydrogens is 459 g/mol. The molecule has 0 aliphatic heterocycles. The van der Waals surface area contributed by atoms with Gasteiger partial charge in [-0.05, 0) is 50.0 Å². The van der Waals surface area contributed by atoms with Crippen molar-refractivity contribution in [2.45, 2.75) is 0 Å². The van der Waals surface area contributed by atoms with Crippen LogP contribution in [0.5, 0.6) is 0 Å². The maximum Gasteiger partial charge on any atom is 0.161 e. The molecule has 0 spiro atoms. The summed E-state index contributed by atoms with van der Waals surface area (Å²) < 4.78 is 14.5. The number of halogens is 1. The van der Waals surface area contributed by atoms with E-state index in [0.29, 0.717) is 40.3 Å². The minimum Gasteiger partial charge on any atom is -0.384 e. The van der Waals surface area contributed by atoms with E-state index in [-0.39, 0.29) is 5.82 Å². The normalized spacial score (nSPS) is 11.7. The van der Waals surface area contributed by atoms with Crippen molar-refractivity contribution in [3.63, 3.8) is 0 Å². The van der Waals surface area contributed by atoms with E-state index in [0.717, 1.165) is 34.4 Å². The first-order chi connectivity index (χ1) is 17.5. The Bertz CT molecular complexity index is 1670. The number of pyridine rings is 2. The summed E-state index contributed by atoms with van der Waals surface area (Å²) >= 11 is 0. The molecule has 6 rings (SSSR count). The topological polar surface area (TPSA) is 127 Å². The largest absolute Gasteiger partial charge is 0.384 e. The molecular formula is C25H23FN10. The number of likely N-dealkylation sites (N-methyl/N-ethyl adjacent to an activating group) is 1. The molecule has 10 nitrogen and oxygen atoms in total. The van der Waals surface area contributed by atoms with Crippen LogP contribution in [-0.2, 0) is 0 Å². The first-order valence-corrected chi connectivity index (χ1v) is 11.4. The van der Waals surface area contributed by atoms with E-state index in [1.54, 1.807) is 24.8 Å². The second kappa shape index (κ2) is 8.86. The third-order valence-corrected chi connectivity index (χ3v) is 5.92. The van der Waals surface area contributed by atoms with Gasteiger partial charge in [-0.2, -0.15) is 10.2 Å². The molecule has 36 heavy (non-hydrogen) atoms. The number of H-pyrrole nitrogens is 3. The van der Waals surface area contributed by atoms with E-state index in [4.69, 9.17) is 9.97 Å². The lowest BCUT2D eigenvalue weighted by atomic mass is 10.1. The molecule has 0 saturated heterocycles. The van der Waals surface area contributed by atoms with Gasteiger partial charge < -0.3 is 15.2 Å². The number of aromatic amines is 3. The second-order valence-electron chi connectivity index (χ2n) is 8.78. The van der Waals surface area contributed by atoms with Gasteiger partial charge in [-0.25, -0.2) is 14.4 Å². The molecule has 6 aromatic rings. The summed E-state index contributed by atoms with van der Waals surface area (Å²) in [5.41, 5.74) is 7.20. The number of nitrogens with zero attached hydrogens (tertiary/aromatic N) is 6. The Hall–Kier alpha value is -4.64. The van der Waals surface area contributed by atoms with E-state index < -0.39 is 0 Å². The average molecular weight is 483 g/mol. The van der Waals surface area contributed by atoms with Crippen LogP contribution in [0, 0.1) is 5.82 Å². The smallest absolute Gasteiger partial charge is 0.161 e. The van der Waals surface area contributed by atoms with Gasteiger partial charge in [0.1, 0.15) is 11.3 Å². The Labute approximate surface area is 205 Å². The van der Waals surface area contributed by atoms with Crippen LogP contribution in [0.2, 0.25) is 0 Å². The van der Waals surface area contributed by atoms with E-state index in [9.17, 15) is 4.39 Å². The van der Waals surface area contributed by atoms with Crippen molar-refractivity contribution in [1.82, 2.24) is 45.2 Å². The van der Waals surface area contributed by atoms with Gasteiger partial charge in [-0.1, -0.05) is 0 Å². The summed E-state index contributed by atoms with van der Waals surface area (Å²) in [6.07, 6.45) is 6.90. The molecule has 1 aromatic carbocycles. The third-order valence-electron chi connectivity index (χ3n) is 5.92. The Balaban J connectivity index is 1.41. The van der Waals surface area contributed by atoms with Gasteiger partial charge in [0.2, 0.25) is 0 Å². The van der Waals surface area contributed by atoms with Crippen LogP contribution in [0.3, 0.4) is 0 Å². The van der Waals surface area contributed by atoms with E-state index in [2.05, 4.69) is 40.6 Å². The summed E-state index contributed by atoms with van der Waals surface area (Å²) in [7, 11) is 3.99. The molecule has 0 fully saturated rings. The van der Waals surface area contributed by atoms with E-state index in [1.807, 2.05) is 32.3 Å². The number of benzene rings is 1. The molecule has 0 saturated carbocycles. The summed E-state index contributed by atoms with van der Waals surface area (Å²) in [4.78, 5) is 19.3. The standard InChI is InChI=1S/C25H23FN10/c1-36(2)6-5-28-17-8-14(7-16(26)9-17)18-12-27-13-21-22(18)33-25(32-21)24-23-20(34-35-24)4-3-19(31-23)15-10-29-30-11-15/h3-4,7-13,28H,5-6H2,1-2H3,(H,29,30)(H,32,33)(H,34,35). The molecule has 180 valence electrons. The number of imidazole rings is 1. The molecule has 0 amide bonds. The molecule has 5 aromatic heterocycles. The first-order valence-electron chi connectivity index (χ1n) is 11.4. The molecule has 0 bridgehead atoms. The van der Waals surface area contributed by atoms with Crippen LogP contribution in [0.15, 0.2) is 55.1 Å². The maximum atomic E-state index is 14.5. The Morgan fingerprint density at radius 2 is 1.89 bits per heavy atom. The zero-order chi connectivity index (χ0) is 24.6. The van der Waals surface area contributed by atoms with E-state index in [1.165, 1.54) is 12.1 Å². The summed E-state index contributed by atoms with van der Waals surface area (Å²) in [5, 5.41) is 17.6. The van der Waals surface area contributed by atoms with Gasteiger partial charge in [-0.15, -0.1) is 0 Å². The molecule has 0 aliphatic rings. The highest BCUT2D eigenvalue weighted by Gasteiger charge is 2.18. The predicted molar refractivity (Wildman–Crippen MR) is 137 cm³/mol. The maximum absolute atomic E-state index is 14.5. The fourth-order valence-electron chi connectivity index (χ4n) is 4.14. The Morgan fingerprint density at radius 1 is 0.972 bits per heavy atom. The number of fused-ring (bicyclic) bond motifs is 2. The van der Waals surface area contributed by atoms with Crippen molar-refractivity contribution in [3.8, 4) is 33.9 Å². The highest BCUT2D eigenvalue weighted by atomic mass is 19.1. The Morgan fingerprint density at radius 3 is 2.72 bits per heavy atom. The van der Waals surface area contributed by atoms with Crippen LogP contribution in [0.4, 0.5) is 10.1 Å². The van der Waals surface area contributed by atoms with Crippen molar-refractivity contribution < 1.29 is 4.39 Å². The van der Waals surface area contributed by atoms with Crippen molar-refractivity contribution >= 4 is 27.8 Å². The predicted octanol–water partition coefficient (Wildman–Crippen LogP) is 4.07. The van der Waals surface area contributed by atoms with Gasteiger partial charge in [0.25, 0.3) is 0 Å². The van der Waals surface area contributed by atoms with Crippen LogP contribution in [-0.4, -0.2) is 72.4 Å². The summed E-state index contributed by atoms with van der Waals surface area (Å²) in [6, 6.07) is 8.72. The van der Waals surface area contributed by atoms with Crippen LogP contribution in [0.1, 0.15) is 0 Å². The van der Waals surface area contributed by atoms with Crippen molar-refractivity contribution in [3.05, 3.63) is 60.9 Å². The zero-order valence-corrected chi connectivity index (χ0v) is 19.7. The highest BCUT2D eigenvalue weighted by molar-refractivity contribution is 5.96. The average Bonchev–Trinajstić information content (AvgIpc) is 3.62. The summed E-state index contributed by atoms with van der Waals surface area (Å²) in [6.45, 7) is 1.53. The molecule has 0 atom stereocenters. The van der Waals surface area contributed by atoms with Gasteiger partial charge in [0.05, 0.1) is 34.6 Å². The molecule has 5 heterocycles. The number of hydrogen-bond acceptors (Lipinski definition) is 7. The van der Waals surface area contributed by atoms with Gasteiger partial charge in [0, 0.05) is 42.3 Å².